The Balaban J connectivity index is 1.89. The van der Waals surface area contributed by atoms with Gasteiger partial charge in [0.25, 0.3) is 5.91 Å². The average Bonchev–Trinajstić information content (AvgIpc) is 3.15. The van der Waals surface area contributed by atoms with E-state index in [9.17, 15) is 4.79 Å². The van der Waals surface area contributed by atoms with Gasteiger partial charge in [-0.2, -0.15) is 0 Å². The maximum atomic E-state index is 12.7. The van der Waals surface area contributed by atoms with Gasteiger partial charge >= 0.3 is 0 Å². The molecule has 0 saturated heterocycles. The topological polar surface area (TPSA) is 102 Å². The lowest BCUT2D eigenvalue weighted by atomic mass is 9.89. The number of amidine groups is 1. The van der Waals surface area contributed by atoms with Crippen molar-refractivity contribution in [3.8, 4) is 0 Å². The van der Waals surface area contributed by atoms with Crippen LogP contribution in [0.15, 0.2) is 39.2 Å². The highest BCUT2D eigenvalue weighted by Crippen LogP contribution is 2.35. The summed E-state index contributed by atoms with van der Waals surface area (Å²) in [4.78, 5) is 26.3. The first-order valence-electron chi connectivity index (χ1n) is 8.12. The fourth-order valence-electron chi connectivity index (χ4n) is 2.80. The van der Waals surface area contributed by atoms with Crippen molar-refractivity contribution in [2.45, 2.75) is 18.9 Å². The monoisotopic (exact) mass is 421 g/mol. The van der Waals surface area contributed by atoms with Crippen molar-refractivity contribution in [2.75, 3.05) is 18.2 Å². The van der Waals surface area contributed by atoms with Crippen LogP contribution in [0.5, 0.6) is 0 Å². The molecule has 10 heteroatoms. The van der Waals surface area contributed by atoms with E-state index in [1.54, 1.807) is 22.7 Å². The minimum Gasteiger partial charge on any atom is -0.398 e. The van der Waals surface area contributed by atoms with E-state index in [1.165, 1.54) is 18.4 Å². The van der Waals surface area contributed by atoms with Crippen molar-refractivity contribution in [1.29, 1.82) is 0 Å². The number of thioether (sulfide) groups is 1. The maximum absolute atomic E-state index is 12.7. The Labute approximate surface area is 168 Å². The van der Waals surface area contributed by atoms with Crippen LogP contribution in [-0.4, -0.2) is 34.6 Å². The largest absolute Gasteiger partial charge is 0.398 e. The number of benzene rings is 1. The average molecular weight is 421 g/mol. The molecule has 1 aromatic heterocycles. The molecule has 7 nitrogen and oxygen atoms in total. The molecule has 142 valence electrons. The predicted octanol–water partition coefficient (Wildman–Crippen LogP) is 2.30. The predicted molar refractivity (Wildman–Crippen MR) is 116 cm³/mol. The number of nitrogens with one attached hydrogen (secondary N) is 1. The number of amides is 1. The highest BCUT2D eigenvalue weighted by atomic mass is 32.2. The molecule has 1 aliphatic rings. The van der Waals surface area contributed by atoms with E-state index in [1.807, 2.05) is 18.2 Å². The van der Waals surface area contributed by atoms with Crippen LogP contribution in [0.2, 0.25) is 0 Å². The number of nitrogens with two attached hydrogens (primary N) is 1. The van der Waals surface area contributed by atoms with Gasteiger partial charge in [-0.15, -0.1) is 20.6 Å². The summed E-state index contributed by atoms with van der Waals surface area (Å²) in [7, 11) is 4.12. The molecule has 3 rings (SSSR count). The molecule has 27 heavy (non-hydrogen) atoms. The summed E-state index contributed by atoms with van der Waals surface area (Å²) in [5.74, 6) is 0.513. The molecule has 2 heterocycles. The maximum Gasteiger partial charge on any atom is 0.280 e. The van der Waals surface area contributed by atoms with Gasteiger partial charge in [-0.25, -0.2) is 4.98 Å². The normalized spacial score (nSPS) is 20.1. The number of aromatic nitrogens is 1. The Morgan fingerprint density at radius 1 is 1.48 bits per heavy atom. The van der Waals surface area contributed by atoms with Crippen LogP contribution in [0.3, 0.4) is 0 Å². The molecule has 0 fully saturated rings. The second kappa shape index (κ2) is 8.37. The van der Waals surface area contributed by atoms with Gasteiger partial charge in [-0.3, -0.25) is 9.79 Å². The first-order chi connectivity index (χ1) is 12.9. The minimum atomic E-state index is -0.425. The fourth-order valence-corrected chi connectivity index (χ4v) is 4.80. The van der Waals surface area contributed by atoms with E-state index in [2.05, 4.69) is 36.6 Å². The van der Waals surface area contributed by atoms with Gasteiger partial charge in [0.05, 0.1) is 11.0 Å². The van der Waals surface area contributed by atoms with Crippen molar-refractivity contribution in [1.82, 2.24) is 4.98 Å². The Morgan fingerprint density at radius 2 is 2.30 bits per heavy atom. The minimum absolute atomic E-state index is 0.123. The van der Waals surface area contributed by atoms with Gasteiger partial charge in [0.2, 0.25) is 0 Å². The van der Waals surface area contributed by atoms with Crippen molar-refractivity contribution in [3.05, 3.63) is 40.3 Å². The lowest BCUT2D eigenvalue weighted by Gasteiger charge is -2.31. The van der Waals surface area contributed by atoms with Crippen LogP contribution in [0.1, 0.15) is 24.6 Å². The third-order valence-corrected chi connectivity index (χ3v) is 6.04. The summed E-state index contributed by atoms with van der Waals surface area (Å²) in [6, 6.07) is 5.70. The first kappa shape index (κ1) is 19.8. The summed E-state index contributed by atoms with van der Waals surface area (Å²) in [6.07, 6.45) is 0.867. The van der Waals surface area contributed by atoms with Crippen LogP contribution in [0.25, 0.3) is 0 Å². The number of carbonyl (C=O) groups is 1. The number of nitrogens with zero attached hydrogens (tertiary/aromatic N) is 3. The third-order valence-electron chi connectivity index (χ3n) is 4.16. The van der Waals surface area contributed by atoms with E-state index < -0.39 is 11.4 Å². The van der Waals surface area contributed by atoms with Crippen molar-refractivity contribution in [3.63, 3.8) is 0 Å². The standard InChI is InChI=1S/C17H20N5O2PS2/c1-17(5-6-27-16(18)21-17)11-7-10(3-4-13(11)25)20-15(23)14(22-24-2)12-8-26-9-19-12/h3-4,7-9H,5-6,25H2,1-2H3,(H2,18,21)(H,20,23)/b22-14-. The van der Waals surface area contributed by atoms with Crippen LogP contribution < -0.4 is 16.4 Å². The zero-order chi connectivity index (χ0) is 19.4. The molecule has 2 atom stereocenters. The van der Waals surface area contributed by atoms with E-state index in [0.717, 1.165) is 23.0 Å². The molecule has 2 aromatic rings. The summed E-state index contributed by atoms with van der Waals surface area (Å²) in [5.41, 5.74) is 9.40. The van der Waals surface area contributed by atoms with E-state index in [4.69, 9.17) is 10.6 Å². The quantitative estimate of drug-likeness (QED) is 0.438. The van der Waals surface area contributed by atoms with Crippen LogP contribution in [-0.2, 0) is 15.2 Å². The summed E-state index contributed by atoms with van der Waals surface area (Å²) in [6.45, 7) is 2.06. The van der Waals surface area contributed by atoms with Gasteiger partial charge in [0.15, 0.2) is 10.9 Å². The lowest BCUT2D eigenvalue weighted by molar-refractivity contribution is -0.110. The molecule has 1 aliphatic heterocycles. The molecule has 0 aliphatic carbocycles. The van der Waals surface area contributed by atoms with Crippen LogP contribution in [0.4, 0.5) is 5.69 Å². The van der Waals surface area contributed by atoms with Gasteiger partial charge in [0.1, 0.15) is 12.8 Å². The Morgan fingerprint density at radius 3 is 2.96 bits per heavy atom. The molecule has 0 spiro atoms. The summed E-state index contributed by atoms with van der Waals surface area (Å²) in [5, 5.41) is 10.0. The first-order valence-corrected chi connectivity index (χ1v) is 10.6. The number of thiazole rings is 1. The smallest absolute Gasteiger partial charge is 0.280 e. The Kier molecular flexibility index (Phi) is 6.14. The second-order valence-corrected chi connectivity index (χ2v) is 8.53. The van der Waals surface area contributed by atoms with Crippen LogP contribution >= 0.6 is 32.3 Å². The number of hydrogen-bond acceptors (Lipinski definition) is 8. The number of carbonyl (C=O) groups excluding carboxylic acids is 1. The van der Waals surface area contributed by atoms with Crippen LogP contribution in [0, 0.1) is 0 Å². The molecule has 0 radical (unpaired) electrons. The van der Waals surface area contributed by atoms with Crippen molar-refractivity contribution >= 4 is 60.1 Å². The van der Waals surface area contributed by atoms with Gasteiger partial charge < -0.3 is 15.9 Å². The van der Waals surface area contributed by atoms with E-state index >= 15 is 0 Å². The molecule has 1 aromatic carbocycles. The zero-order valence-corrected chi connectivity index (χ0v) is 17.7. The van der Waals surface area contributed by atoms with Gasteiger partial charge in [-0.05, 0) is 36.3 Å². The fraction of sp³-hybridized carbons (Fsp3) is 0.294. The number of aliphatic imine (C=N–C) groups is 1. The highest BCUT2D eigenvalue weighted by Gasteiger charge is 2.31. The molecule has 1 amide bonds. The van der Waals surface area contributed by atoms with Crippen molar-refractivity contribution < 1.29 is 9.63 Å². The number of rotatable bonds is 5. The Hall–Kier alpha value is -1.96. The van der Waals surface area contributed by atoms with Gasteiger partial charge in [0, 0.05) is 16.8 Å². The molecular weight excluding hydrogens is 401 g/mol. The highest BCUT2D eigenvalue weighted by molar-refractivity contribution is 8.13. The third kappa shape index (κ3) is 4.48. The second-order valence-electron chi connectivity index (χ2n) is 6.07. The molecule has 0 bridgehead atoms. The number of oxime groups is 1. The van der Waals surface area contributed by atoms with E-state index in [-0.39, 0.29) is 5.71 Å². The molecule has 3 N–H and O–H groups in total. The number of anilines is 1. The Bertz CT molecular complexity index is 901. The van der Waals surface area contributed by atoms with Crippen molar-refractivity contribution in [2.24, 2.45) is 15.9 Å². The summed E-state index contributed by atoms with van der Waals surface area (Å²) >= 11 is 2.94. The van der Waals surface area contributed by atoms with Gasteiger partial charge in [-0.1, -0.05) is 23.0 Å². The molecule has 0 saturated carbocycles. The molecule has 2 unspecified atom stereocenters. The SMILES string of the molecule is CO/N=C(\C(=O)Nc1ccc(P)c(C2(C)CCSC(N)=N2)c1)c1cscn1. The zero-order valence-electron chi connectivity index (χ0n) is 14.9. The number of hydrogen-bond donors (Lipinski definition) is 2. The van der Waals surface area contributed by atoms with E-state index in [0.29, 0.717) is 16.5 Å². The lowest BCUT2D eigenvalue weighted by Crippen LogP contribution is -2.32. The summed E-state index contributed by atoms with van der Waals surface area (Å²) < 4.78 is 0. The molecular formula is C17H20N5O2PS2.